The van der Waals surface area contributed by atoms with Crippen molar-refractivity contribution in [3.05, 3.63) is 60.3 Å². The van der Waals surface area contributed by atoms with Crippen molar-refractivity contribution in [2.45, 2.75) is 29.6 Å². The summed E-state index contributed by atoms with van der Waals surface area (Å²) in [4.78, 5) is 8.01. The number of para-hydroxylation sites is 1. The fourth-order valence-electron chi connectivity index (χ4n) is 3.52. The zero-order chi connectivity index (χ0) is 18.0. The van der Waals surface area contributed by atoms with Crippen LogP contribution >= 0.6 is 0 Å². The van der Waals surface area contributed by atoms with Crippen molar-refractivity contribution < 1.29 is 8.04 Å². The number of hydrogen-bond donors (Lipinski definition) is 0. The minimum absolute atomic E-state index is 0.365. The molecule has 26 heavy (non-hydrogen) atoms. The molecule has 130 valence electrons. The Balaban J connectivity index is 1.90. The molecule has 2 unspecified atom stereocenters. The Morgan fingerprint density at radius 2 is 1.85 bits per heavy atom. The van der Waals surface area contributed by atoms with Crippen LogP contribution < -0.4 is 13.8 Å². The molecule has 0 aliphatic carbocycles. The number of aromatic nitrogens is 1. The Kier molecular flexibility index (Phi) is 3.51. The van der Waals surface area contributed by atoms with Crippen LogP contribution in [-0.4, -0.2) is 23.0 Å². The molecule has 2 aliphatic rings. The van der Waals surface area contributed by atoms with Gasteiger partial charge in [0.1, 0.15) is 0 Å². The molecule has 0 saturated heterocycles. The number of hydrogen-bond acceptors (Lipinski definition) is 4. The van der Waals surface area contributed by atoms with Gasteiger partial charge in [-0.15, -0.1) is 0 Å². The summed E-state index contributed by atoms with van der Waals surface area (Å²) in [6.07, 6.45) is 1.72. The molecular weight excluding hydrogens is 411 g/mol. The van der Waals surface area contributed by atoms with Gasteiger partial charge in [0.2, 0.25) is 0 Å². The average Bonchev–Trinajstić information content (AvgIpc) is 2.67. The molecule has 2 atom stereocenters. The third-order valence-electron chi connectivity index (χ3n) is 4.84. The first-order valence-electron chi connectivity index (χ1n) is 8.43. The number of pyridine rings is 1. The summed E-state index contributed by atoms with van der Waals surface area (Å²) in [6, 6.07) is 15.5. The van der Waals surface area contributed by atoms with Gasteiger partial charge in [0.25, 0.3) is 0 Å². The van der Waals surface area contributed by atoms with E-state index in [1.165, 1.54) is 5.56 Å². The van der Waals surface area contributed by atoms with Crippen molar-refractivity contribution >= 4 is 50.7 Å². The summed E-state index contributed by atoms with van der Waals surface area (Å²) < 4.78 is 28.1. The molecule has 2 aliphatic heterocycles. The maximum atomic E-state index is 13.3. The van der Waals surface area contributed by atoms with Crippen LogP contribution in [0.25, 0.3) is 0 Å². The number of rotatable bonds is 1. The SMILES string of the molecule is CC(C)c1ccc2c(c1)N1c3ncccc3S(=O)c3cccc(c31)[Se]2=O. The van der Waals surface area contributed by atoms with Crippen molar-refractivity contribution in [2.24, 2.45) is 0 Å². The van der Waals surface area contributed by atoms with Crippen LogP contribution in [0.2, 0.25) is 0 Å². The van der Waals surface area contributed by atoms with Gasteiger partial charge in [-0.3, -0.25) is 0 Å². The third-order valence-corrected chi connectivity index (χ3v) is 9.38. The first-order valence-corrected chi connectivity index (χ1v) is 12.0. The molecule has 0 radical (unpaired) electrons. The molecule has 3 aromatic rings. The fourth-order valence-corrected chi connectivity index (χ4v) is 7.82. The van der Waals surface area contributed by atoms with Gasteiger partial charge in [-0.2, -0.15) is 0 Å². The Bertz CT molecular complexity index is 1110. The Morgan fingerprint density at radius 1 is 1.04 bits per heavy atom. The summed E-state index contributed by atoms with van der Waals surface area (Å²) in [7, 11) is -1.32. The fraction of sp³-hybridized carbons (Fsp3) is 0.150. The standard InChI is InChI=1S/C20H16N2O2SSe/c1-12(2)13-8-9-17-14(11-13)22-19-15(5-3-7-18(19)26(17)24)25(23)16-6-4-10-21-20(16)22/h3-12H,1-2H3. The second-order valence-corrected chi connectivity index (χ2v) is 11.1. The topological polar surface area (TPSA) is 50.3 Å². The monoisotopic (exact) mass is 428 g/mol. The van der Waals surface area contributed by atoms with Gasteiger partial charge in [0, 0.05) is 0 Å². The summed E-state index contributed by atoms with van der Waals surface area (Å²) >= 11 is -2.42. The first-order chi connectivity index (χ1) is 12.6. The molecule has 0 spiro atoms. The summed E-state index contributed by atoms with van der Waals surface area (Å²) in [5.74, 6) is 1.04. The Labute approximate surface area is 158 Å². The van der Waals surface area contributed by atoms with E-state index in [4.69, 9.17) is 0 Å². The van der Waals surface area contributed by atoms with E-state index in [2.05, 4.69) is 35.9 Å². The molecule has 3 heterocycles. The molecule has 1 aromatic heterocycles. The van der Waals surface area contributed by atoms with Crippen LogP contribution in [0, 0.1) is 0 Å². The summed E-state index contributed by atoms with van der Waals surface area (Å²) in [6.45, 7) is 4.29. The van der Waals surface area contributed by atoms with Crippen molar-refractivity contribution in [2.75, 3.05) is 4.90 Å². The molecule has 0 fully saturated rings. The van der Waals surface area contributed by atoms with Gasteiger partial charge < -0.3 is 0 Å². The van der Waals surface area contributed by atoms with Gasteiger partial charge >= 0.3 is 159 Å². The number of benzene rings is 2. The van der Waals surface area contributed by atoms with Crippen molar-refractivity contribution in [1.82, 2.24) is 4.98 Å². The van der Waals surface area contributed by atoms with Crippen molar-refractivity contribution in [1.29, 1.82) is 0 Å². The number of fused-ring (bicyclic) bond motifs is 4. The second-order valence-electron chi connectivity index (χ2n) is 6.68. The van der Waals surface area contributed by atoms with Gasteiger partial charge in [0.15, 0.2) is 0 Å². The van der Waals surface area contributed by atoms with E-state index in [0.29, 0.717) is 21.5 Å². The molecule has 2 aromatic carbocycles. The van der Waals surface area contributed by atoms with Crippen molar-refractivity contribution in [3.63, 3.8) is 0 Å². The van der Waals surface area contributed by atoms with Gasteiger partial charge in [-0.05, 0) is 0 Å². The van der Waals surface area contributed by atoms with Gasteiger partial charge in [-0.25, -0.2) is 0 Å². The van der Waals surface area contributed by atoms with Gasteiger partial charge in [-0.1, -0.05) is 0 Å². The first kappa shape index (κ1) is 16.1. The van der Waals surface area contributed by atoms with Crippen LogP contribution in [0.5, 0.6) is 0 Å². The molecule has 4 nitrogen and oxygen atoms in total. The molecule has 0 saturated carbocycles. The van der Waals surface area contributed by atoms with E-state index in [1.54, 1.807) is 6.20 Å². The van der Waals surface area contributed by atoms with Crippen LogP contribution in [-0.2, 0) is 14.6 Å². The molecule has 0 bridgehead atoms. The summed E-state index contributed by atoms with van der Waals surface area (Å²) in [5, 5.41) is 0. The van der Waals surface area contributed by atoms with E-state index >= 15 is 0 Å². The Hall–Kier alpha value is -2.14. The number of nitrogens with zero attached hydrogens (tertiary/aromatic N) is 2. The second kappa shape index (κ2) is 5.68. The zero-order valence-corrected chi connectivity index (χ0v) is 16.8. The van der Waals surface area contributed by atoms with E-state index in [1.807, 2.05) is 36.4 Å². The molecule has 5 rings (SSSR count). The van der Waals surface area contributed by atoms with Crippen LogP contribution in [0.15, 0.2) is 64.5 Å². The van der Waals surface area contributed by atoms with E-state index in [9.17, 15) is 8.04 Å². The molecular formula is C20H16N2O2SSe. The summed E-state index contributed by atoms with van der Waals surface area (Å²) in [5.41, 5.74) is 2.89. The normalized spacial score (nSPS) is 19.7. The predicted octanol–water partition coefficient (Wildman–Crippen LogP) is 3.00. The van der Waals surface area contributed by atoms with E-state index in [-0.39, 0.29) is 0 Å². The maximum absolute atomic E-state index is 13.3. The number of anilines is 3. The minimum atomic E-state index is -2.42. The van der Waals surface area contributed by atoms with E-state index < -0.39 is 24.6 Å². The van der Waals surface area contributed by atoms with Crippen LogP contribution in [0.3, 0.4) is 0 Å². The quantitative estimate of drug-likeness (QED) is 0.386. The van der Waals surface area contributed by atoms with Crippen LogP contribution in [0.4, 0.5) is 17.2 Å². The van der Waals surface area contributed by atoms with E-state index in [0.717, 1.165) is 20.3 Å². The van der Waals surface area contributed by atoms with Gasteiger partial charge in [0.05, 0.1) is 0 Å². The average molecular weight is 427 g/mol. The zero-order valence-electron chi connectivity index (χ0n) is 14.3. The van der Waals surface area contributed by atoms with Crippen molar-refractivity contribution in [3.8, 4) is 0 Å². The van der Waals surface area contributed by atoms with Crippen LogP contribution in [0.1, 0.15) is 25.3 Å². The molecule has 0 amide bonds. The third kappa shape index (κ3) is 2.07. The molecule has 0 N–H and O–H groups in total. The predicted molar refractivity (Wildman–Crippen MR) is 103 cm³/mol. The molecule has 6 heteroatoms. The Morgan fingerprint density at radius 3 is 2.65 bits per heavy atom.